The van der Waals surface area contributed by atoms with Crippen molar-refractivity contribution in [2.24, 2.45) is 4.99 Å². The second-order valence-corrected chi connectivity index (χ2v) is 1.98. The molecule has 0 aliphatic rings. The highest BCUT2D eigenvalue weighted by atomic mass is 35.5. The van der Waals surface area contributed by atoms with Crippen LogP contribution in [0, 0.1) is 0 Å². The average Bonchev–Trinajstić information content (AvgIpc) is 2.37. The minimum Gasteiger partial charge on any atom is -0.355 e. The summed E-state index contributed by atoms with van der Waals surface area (Å²) in [5.41, 5.74) is 0. The van der Waals surface area contributed by atoms with Crippen LogP contribution < -0.4 is 0 Å². The van der Waals surface area contributed by atoms with Gasteiger partial charge < -0.3 is 4.52 Å². The van der Waals surface area contributed by atoms with E-state index in [9.17, 15) is 4.79 Å². The summed E-state index contributed by atoms with van der Waals surface area (Å²) in [4.78, 5) is 12.7. The highest BCUT2D eigenvalue weighted by Crippen LogP contribution is 2.09. The molecule has 56 valence electrons. The Balaban J connectivity index is 2.71. The molecule has 1 heterocycles. The van der Waals surface area contributed by atoms with Crippen LogP contribution in [0.25, 0.3) is 6.08 Å². The number of aliphatic imine (C=N–C) groups is 1. The molecule has 11 heavy (non-hydrogen) atoms. The topological polar surface area (TPSA) is 55.5 Å². The van der Waals surface area contributed by atoms with Gasteiger partial charge in [-0.1, -0.05) is 16.8 Å². The average molecular weight is 171 g/mol. The number of hydrogen-bond donors (Lipinski definition) is 0. The zero-order valence-electron chi connectivity index (χ0n) is 5.32. The van der Waals surface area contributed by atoms with E-state index in [1.807, 2.05) is 0 Å². The molecule has 1 rings (SSSR count). The van der Waals surface area contributed by atoms with E-state index >= 15 is 0 Å². The van der Waals surface area contributed by atoms with E-state index < -0.39 is 0 Å². The maximum atomic E-state index is 9.59. The molecule has 0 aromatic carbocycles. The Bertz CT molecular complexity index is 312. The second kappa shape index (κ2) is 3.71. The molecule has 0 radical (unpaired) electrons. The summed E-state index contributed by atoms with van der Waals surface area (Å²) >= 11 is 5.43. The van der Waals surface area contributed by atoms with Gasteiger partial charge in [0.25, 0.3) is 0 Å². The summed E-state index contributed by atoms with van der Waals surface area (Å²) in [7, 11) is 0. The normalized spacial score (nSPS) is 9.91. The van der Waals surface area contributed by atoms with Gasteiger partial charge >= 0.3 is 0 Å². The first kappa shape index (κ1) is 7.72. The Morgan fingerprint density at radius 1 is 1.82 bits per heavy atom. The van der Waals surface area contributed by atoms with Crippen molar-refractivity contribution in [1.82, 2.24) is 5.16 Å². The Morgan fingerprint density at radius 3 is 3.18 bits per heavy atom. The number of rotatable bonds is 2. The number of nitrogens with zero attached hydrogens (tertiary/aromatic N) is 2. The molecule has 1 aromatic heterocycles. The third-order valence-electron chi connectivity index (χ3n) is 0.866. The first-order valence-corrected chi connectivity index (χ1v) is 3.06. The van der Waals surface area contributed by atoms with Gasteiger partial charge in [-0.15, -0.1) is 0 Å². The van der Waals surface area contributed by atoms with Crippen LogP contribution in [-0.4, -0.2) is 11.2 Å². The van der Waals surface area contributed by atoms with Crippen molar-refractivity contribution < 1.29 is 9.32 Å². The standard InChI is InChI=1S/C6H3ClN2O2/c7-6-3-5(11-9-6)1-2-8-4-10/h1-3H/b2-1+. The van der Waals surface area contributed by atoms with E-state index in [0.29, 0.717) is 5.76 Å². The van der Waals surface area contributed by atoms with E-state index in [4.69, 9.17) is 11.6 Å². The minimum atomic E-state index is 0.264. The Kier molecular flexibility index (Phi) is 2.60. The Labute approximate surface area is 67.2 Å². The molecule has 0 bridgehead atoms. The number of halogens is 1. The molecular weight excluding hydrogens is 168 g/mol. The van der Waals surface area contributed by atoms with Gasteiger partial charge in [0.1, 0.15) is 0 Å². The van der Waals surface area contributed by atoms with Crippen molar-refractivity contribution in [3.05, 3.63) is 23.2 Å². The van der Waals surface area contributed by atoms with Crippen molar-refractivity contribution in [3.63, 3.8) is 0 Å². The molecule has 0 saturated heterocycles. The number of carbonyl (C=O) groups excluding carboxylic acids is 1. The molecule has 1 aromatic rings. The first-order chi connectivity index (χ1) is 5.33. The van der Waals surface area contributed by atoms with Gasteiger partial charge in [-0.3, -0.25) is 0 Å². The minimum absolute atomic E-state index is 0.264. The highest BCUT2D eigenvalue weighted by molar-refractivity contribution is 6.29. The van der Waals surface area contributed by atoms with Crippen LogP contribution in [-0.2, 0) is 4.79 Å². The largest absolute Gasteiger partial charge is 0.355 e. The molecule has 0 amide bonds. The molecule has 0 fully saturated rings. The van der Waals surface area contributed by atoms with Crippen molar-refractivity contribution in [3.8, 4) is 0 Å². The van der Waals surface area contributed by atoms with Gasteiger partial charge in [-0.2, -0.15) is 4.99 Å². The van der Waals surface area contributed by atoms with Gasteiger partial charge in [0.05, 0.1) is 0 Å². The van der Waals surface area contributed by atoms with Gasteiger partial charge in [-0.05, 0) is 0 Å². The van der Waals surface area contributed by atoms with Crippen molar-refractivity contribution in [2.45, 2.75) is 0 Å². The highest BCUT2D eigenvalue weighted by Gasteiger charge is 1.94. The van der Waals surface area contributed by atoms with Gasteiger partial charge in [0, 0.05) is 18.3 Å². The quantitative estimate of drug-likeness (QED) is 0.501. The molecule has 0 unspecified atom stereocenters. The van der Waals surface area contributed by atoms with E-state index in [1.165, 1.54) is 24.4 Å². The Hall–Kier alpha value is -1.38. The SMILES string of the molecule is O=C=N/C=C/c1cc(Cl)no1. The second-order valence-electron chi connectivity index (χ2n) is 1.59. The molecule has 0 N–H and O–H groups in total. The van der Waals surface area contributed by atoms with Gasteiger partial charge in [0.15, 0.2) is 10.9 Å². The predicted molar refractivity (Wildman–Crippen MR) is 38.7 cm³/mol. The lowest BCUT2D eigenvalue weighted by atomic mass is 10.4. The lowest BCUT2D eigenvalue weighted by molar-refractivity contribution is 0.413. The Morgan fingerprint density at radius 2 is 2.64 bits per heavy atom. The third kappa shape index (κ3) is 2.37. The summed E-state index contributed by atoms with van der Waals surface area (Å²) in [5, 5.41) is 3.66. The first-order valence-electron chi connectivity index (χ1n) is 2.68. The zero-order chi connectivity index (χ0) is 8.10. The van der Waals surface area contributed by atoms with Crippen LogP contribution in [0.3, 0.4) is 0 Å². The van der Waals surface area contributed by atoms with Crippen molar-refractivity contribution >= 4 is 23.8 Å². The molecule has 0 aliphatic heterocycles. The molecule has 5 heteroatoms. The number of isocyanates is 1. The van der Waals surface area contributed by atoms with E-state index in [1.54, 1.807) is 0 Å². The summed E-state index contributed by atoms with van der Waals surface area (Å²) in [6.45, 7) is 0. The molecule has 0 saturated carbocycles. The lowest BCUT2D eigenvalue weighted by Gasteiger charge is -1.73. The summed E-state index contributed by atoms with van der Waals surface area (Å²) in [5.74, 6) is 0.439. The third-order valence-corrected chi connectivity index (χ3v) is 1.04. The van der Waals surface area contributed by atoms with Crippen molar-refractivity contribution in [1.29, 1.82) is 0 Å². The van der Waals surface area contributed by atoms with Crippen molar-refractivity contribution in [2.75, 3.05) is 0 Å². The predicted octanol–water partition coefficient (Wildman–Crippen LogP) is 1.63. The fourth-order valence-corrected chi connectivity index (χ4v) is 0.628. The van der Waals surface area contributed by atoms with Crippen LogP contribution in [0.4, 0.5) is 0 Å². The van der Waals surface area contributed by atoms with Gasteiger partial charge in [-0.25, -0.2) is 4.79 Å². The van der Waals surface area contributed by atoms with Crippen LogP contribution in [0.5, 0.6) is 0 Å². The maximum absolute atomic E-state index is 9.59. The fourth-order valence-electron chi connectivity index (χ4n) is 0.486. The van der Waals surface area contributed by atoms with Gasteiger partial charge in [0.2, 0.25) is 6.08 Å². The van der Waals surface area contributed by atoms with E-state index in [-0.39, 0.29) is 5.15 Å². The van der Waals surface area contributed by atoms with E-state index in [0.717, 1.165) is 0 Å². The van der Waals surface area contributed by atoms with Crippen LogP contribution in [0.1, 0.15) is 5.76 Å². The number of hydrogen-bond acceptors (Lipinski definition) is 4. The molecular formula is C6H3ClN2O2. The number of aromatic nitrogens is 1. The summed E-state index contributed by atoms with van der Waals surface area (Å²) < 4.78 is 4.65. The zero-order valence-corrected chi connectivity index (χ0v) is 6.08. The molecule has 4 nitrogen and oxygen atoms in total. The summed E-state index contributed by atoms with van der Waals surface area (Å²) in [6, 6.07) is 1.50. The van der Waals surface area contributed by atoms with E-state index in [2.05, 4.69) is 14.7 Å². The molecule has 0 spiro atoms. The fraction of sp³-hybridized carbons (Fsp3) is 0. The van der Waals surface area contributed by atoms with Crippen LogP contribution >= 0.6 is 11.6 Å². The lowest BCUT2D eigenvalue weighted by Crippen LogP contribution is -1.58. The maximum Gasteiger partial charge on any atom is 0.239 e. The monoisotopic (exact) mass is 170 g/mol. The van der Waals surface area contributed by atoms with Crippen LogP contribution in [0.15, 0.2) is 21.8 Å². The molecule has 0 aliphatic carbocycles. The van der Waals surface area contributed by atoms with Crippen LogP contribution in [0.2, 0.25) is 5.15 Å². The summed E-state index contributed by atoms with van der Waals surface area (Å²) in [6.07, 6.45) is 4.03. The molecule has 0 atom stereocenters. The smallest absolute Gasteiger partial charge is 0.239 e.